The number of hydrogen-bond acceptors (Lipinski definition) is 3. The molecule has 0 fully saturated rings. The third-order valence-corrected chi connectivity index (χ3v) is 3.79. The summed E-state index contributed by atoms with van der Waals surface area (Å²) in [4.78, 5) is 18.8. The number of hydrogen-bond donors (Lipinski definition) is 1. The highest BCUT2D eigenvalue weighted by Crippen LogP contribution is 2.12. The Balaban J connectivity index is 1.88. The van der Waals surface area contributed by atoms with Crippen molar-refractivity contribution in [1.82, 2.24) is 14.3 Å². The van der Waals surface area contributed by atoms with Gasteiger partial charge in [-0.1, -0.05) is 36.4 Å². The fourth-order valence-corrected chi connectivity index (χ4v) is 2.59. The number of amides is 1. The molecule has 1 aromatic carbocycles. The minimum atomic E-state index is -0.175. The number of aliphatic hydroxyl groups excluding tert-OH is 1. The number of imidazole rings is 1. The zero-order valence-electron chi connectivity index (χ0n) is 13.0. The predicted octanol–water partition coefficient (Wildman–Crippen LogP) is 2.28. The summed E-state index contributed by atoms with van der Waals surface area (Å²) >= 11 is 0. The number of carbonyl (C=O) groups is 1. The minimum Gasteiger partial charge on any atom is -0.395 e. The van der Waals surface area contributed by atoms with Gasteiger partial charge in [0.05, 0.1) is 6.61 Å². The molecule has 3 aromatic rings. The van der Waals surface area contributed by atoms with E-state index in [0.717, 1.165) is 16.9 Å². The highest BCUT2D eigenvalue weighted by Gasteiger charge is 2.19. The van der Waals surface area contributed by atoms with Gasteiger partial charge in [0.1, 0.15) is 11.3 Å². The highest BCUT2D eigenvalue weighted by molar-refractivity contribution is 5.93. The molecule has 118 valence electrons. The van der Waals surface area contributed by atoms with Gasteiger partial charge in [0.2, 0.25) is 0 Å². The zero-order valence-corrected chi connectivity index (χ0v) is 13.0. The summed E-state index contributed by atoms with van der Waals surface area (Å²) in [5, 5.41) is 9.27. The number of rotatable bonds is 5. The fraction of sp³-hybridized carbons (Fsp3) is 0.222. The Morgan fingerprint density at radius 3 is 2.65 bits per heavy atom. The molecule has 0 atom stereocenters. The van der Waals surface area contributed by atoms with Crippen LogP contribution < -0.4 is 0 Å². The summed E-state index contributed by atoms with van der Waals surface area (Å²) in [6, 6.07) is 15.5. The van der Waals surface area contributed by atoms with Crippen LogP contribution in [0.2, 0.25) is 0 Å². The molecule has 1 N–H and O–H groups in total. The Morgan fingerprint density at radius 1 is 1.17 bits per heavy atom. The van der Waals surface area contributed by atoms with Gasteiger partial charge < -0.3 is 14.4 Å². The zero-order chi connectivity index (χ0) is 16.2. The minimum absolute atomic E-state index is 0.0784. The third-order valence-electron chi connectivity index (χ3n) is 3.79. The van der Waals surface area contributed by atoms with E-state index in [1.807, 2.05) is 59.9 Å². The second kappa shape index (κ2) is 6.62. The number of fused-ring (bicyclic) bond motifs is 1. The summed E-state index contributed by atoms with van der Waals surface area (Å²) in [6.07, 6.45) is 1.75. The van der Waals surface area contributed by atoms with Crippen LogP contribution in [0.4, 0.5) is 0 Å². The molecule has 5 nitrogen and oxygen atoms in total. The molecule has 2 aromatic heterocycles. The number of benzene rings is 1. The van der Waals surface area contributed by atoms with Crippen LogP contribution in [0, 0.1) is 6.92 Å². The van der Waals surface area contributed by atoms with Crippen molar-refractivity contribution in [2.24, 2.45) is 0 Å². The molecule has 3 rings (SSSR count). The van der Waals surface area contributed by atoms with Gasteiger partial charge in [-0.25, -0.2) is 4.98 Å². The van der Waals surface area contributed by atoms with Crippen molar-refractivity contribution in [3.8, 4) is 0 Å². The maximum Gasteiger partial charge on any atom is 0.274 e. The van der Waals surface area contributed by atoms with Crippen molar-refractivity contribution in [3.05, 3.63) is 71.7 Å². The lowest BCUT2D eigenvalue weighted by molar-refractivity contribution is 0.0702. The molecule has 0 unspecified atom stereocenters. The Morgan fingerprint density at radius 2 is 1.96 bits per heavy atom. The van der Waals surface area contributed by atoms with Crippen LogP contribution in [-0.2, 0) is 6.54 Å². The third kappa shape index (κ3) is 3.24. The smallest absolute Gasteiger partial charge is 0.274 e. The van der Waals surface area contributed by atoms with E-state index in [9.17, 15) is 9.90 Å². The largest absolute Gasteiger partial charge is 0.395 e. The number of aromatic nitrogens is 2. The molecule has 0 aliphatic carbocycles. The van der Waals surface area contributed by atoms with Gasteiger partial charge in [0.15, 0.2) is 0 Å². The molecule has 0 saturated heterocycles. The lowest BCUT2D eigenvalue weighted by Gasteiger charge is -2.20. The van der Waals surface area contributed by atoms with Crippen LogP contribution in [0.1, 0.15) is 21.7 Å². The molecule has 0 aliphatic heterocycles. The van der Waals surface area contributed by atoms with E-state index in [4.69, 9.17) is 0 Å². The van der Waals surface area contributed by atoms with Gasteiger partial charge in [-0.15, -0.1) is 0 Å². The Hall–Kier alpha value is -2.66. The number of aryl methyl sites for hydroxylation is 1. The number of carbonyl (C=O) groups excluding carboxylic acids is 1. The number of aliphatic hydroxyl groups is 1. The van der Waals surface area contributed by atoms with Gasteiger partial charge in [-0.05, 0) is 24.6 Å². The van der Waals surface area contributed by atoms with Crippen molar-refractivity contribution in [2.75, 3.05) is 13.2 Å². The van der Waals surface area contributed by atoms with Crippen LogP contribution in [-0.4, -0.2) is 38.4 Å². The Bertz CT molecular complexity index is 812. The second-order valence-electron chi connectivity index (χ2n) is 5.46. The summed E-state index contributed by atoms with van der Waals surface area (Å²) in [6.45, 7) is 2.62. The first-order valence-electron chi connectivity index (χ1n) is 7.58. The first kappa shape index (κ1) is 15.2. The van der Waals surface area contributed by atoms with E-state index in [2.05, 4.69) is 4.98 Å². The standard InChI is InChI=1S/C18H19N3O2/c1-14-6-5-9-17-19-16(13-21(14)17)18(23)20(10-11-22)12-15-7-3-2-4-8-15/h2-9,13,22H,10-12H2,1H3. The topological polar surface area (TPSA) is 57.8 Å². The molecule has 0 radical (unpaired) electrons. The molecule has 0 spiro atoms. The van der Waals surface area contributed by atoms with E-state index in [-0.39, 0.29) is 19.1 Å². The predicted molar refractivity (Wildman–Crippen MR) is 88.2 cm³/mol. The van der Waals surface area contributed by atoms with Crippen molar-refractivity contribution in [2.45, 2.75) is 13.5 Å². The van der Waals surface area contributed by atoms with Gasteiger partial charge in [-0.2, -0.15) is 0 Å². The van der Waals surface area contributed by atoms with E-state index in [1.165, 1.54) is 0 Å². The highest BCUT2D eigenvalue weighted by atomic mass is 16.3. The Kier molecular flexibility index (Phi) is 4.39. The Labute approximate surface area is 134 Å². The van der Waals surface area contributed by atoms with Crippen LogP contribution in [0.25, 0.3) is 5.65 Å². The first-order chi connectivity index (χ1) is 11.2. The van der Waals surface area contributed by atoms with Crippen molar-refractivity contribution in [1.29, 1.82) is 0 Å². The fourth-order valence-electron chi connectivity index (χ4n) is 2.59. The van der Waals surface area contributed by atoms with E-state index in [1.54, 1.807) is 11.1 Å². The molecule has 0 bridgehead atoms. The quantitative estimate of drug-likeness (QED) is 0.786. The van der Waals surface area contributed by atoms with E-state index < -0.39 is 0 Å². The van der Waals surface area contributed by atoms with Crippen LogP contribution in [0.5, 0.6) is 0 Å². The number of pyridine rings is 1. The van der Waals surface area contributed by atoms with Crippen LogP contribution >= 0.6 is 0 Å². The maximum absolute atomic E-state index is 12.8. The second-order valence-corrected chi connectivity index (χ2v) is 5.46. The van der Waals surface area contributed by atoms with Crippen molar-refractivity contribution >= 4 is 11.6 Å². The van der Waals surface area contributed by atoms with Crippen LogP contribution in [0.15, 0.2) is 54.7 Å². The summed E-state index contributed by atoms with van der Waals surface area (Å²) in [5.41, 5.74) is 3.18. The van der Waals surface area contributed by atoms with Crippen LogP contribution in [0.3, 0.4) is 0 Å². The maximum atomic E-state index is 12.8. The van der Waals surface area contributed by atoms with E-state index >= 15 is 0 Å². The molecular formula is C18H19N3O2. The van der Waals surface area contributed by atoms with Gasteiger partial charge >= 0.3 is 0 Å². The van der Waals surface area contributed by atoms with Gasteiger partial charge in [0.25, 0.3) is 5.91 Å². The summed E-state index contributed by atoms with van der Waals surface area (Å²) < 4.78 is 1.90. The lowest BCUT2D eigenvalue weighted by atomic mass is 10.2. The van der Waals surface area contributed by atoms with Crippen molar-refractivity contribution < 1.29 is 9.90 Å². The average Bonchev–Trinajstić information content (AvgIpc) is 3.00. The molecular weight excluding hydrogens is 290 g/mol. The average molecular weight is 309 g/mol. The van der Waals surface area contributed by atoms with Crippen molar-refractivity contribution in [3.63, 3.8) is 0 Å². The summed E-state index contributed by atoms with van der Waals surface area (Å²) in [7, 11) is 0. The van der Waals surface area contributed by atoms with E-state index in [0.29, 0.717) is 12.2 Å². The molecule has 5 heteroatoms. The molecule has 2 heterocycles. The first-order valence-corrected chi connectivity index (χ1v) is 7.58. The van der Waals surface area contributed by atoms with Gasteiger partial charge in [-0.3, -0.25) is 4.79 Å². The molecule has 0 aliphatic rings. The SMILES string of the molecule is Cc1cccc2nc(C(=O)N(CCO)Cc3ccccc3)cn12. The monoisotopic (exact) mass is 309 g/mol. The molecule has 1 amide bonds. The normalized spacial score (nSPS) is 10.9. The number of nitrogens with zero attached hydrogens (tertiary/aromatic N) is 3. The lowest BCUT2D eigenvalue weighted by Crippen LogP contribution is -2.33. The summed E-state index contributed by atoms with van der Waals surface area (Å²) in [5.74, 6) is -0.175. The molecule has 23 heavy (non-hydrogen) atoms. The van der Waals surface area contributed by atoms with Gasteiger partial charge in [0, 0.05) is 25.0 Å². The molecule has 0 saturated carbocycles.